The van der Waals surface area contributed by atoms with Gasteiger partial charge in [0.25, 0.3) is 36.0 Å². The summed E-state index contributed by atoms with van der Waals surface area (Å²) in [5.74, 6) is 23.4. The first-order chi connectivity index (χ1) is 62.7. The summed E-state index contributed by atoms with van der Waals surface area (Å²) in [6.45, 7) is 9.57. The highest BCUT2D eigenvalue weighted by atomic mass is 35.5. The van der Waals surface area contributed by atoms with Gasteiger partial charge in [-0.3, -0.25) is 14.4 Å². The van der Waals surface area contributed by atoms with Crippen LogP contribution in [0.25, 0.3) is 10.2 Å². The molecule has 2 atom stereocenters. The Morgan fingerprint density at radius 3 is 1.54 bits per heavy atom. The van der Waals surface area contributed by atoms with Gasteiger partial charge in [-0.15, -0.1) is 68.1 Å². The number of aryl methyl sites for hydroxylation is 2. The smallest absolute Gasteiger partial charge is 0.323 e. The van der Waals surface area contributed by atoms with Gasteiger partial charge in [0.2, 0.25) is 63.8 Å². The summed E-state index contributed by atoms with van der Waals surface area (Å²) in [6, 6.07) is 31.9. The SMILES string of the molecule is CC#N.CC(=O)N=c1sc(S(N)(=O)=O)nn1C.CCOc1ccc2nc(S(N)(=O)=O)sc2c1.CN(CC1(C)CCCO1)S(=O)(=O)c1ccc(Cl)c(SOON)c1.Cc1cc(Cl)c(SOON)cc1S(N)(=O)=O.NOOSc1cc(C2(O)NC(=O)c3ccccc32)ccc1Cl.NOOSc1cc(S(N)(=O)=O)cc(Cl)c1Cl.NOOSc1cc(S(N)(=O)=O)ccc1Cl.NS(=O)(=O)c1n[nH]c(=O)s1. The summed E-state index contributed by atoms with van der Waals surface area (Å²) in [6.07, 6.45) is 1.76. The molecule has 25 N–H and O–H groups in total. The number of carbonyl (C=O) groups is 2. The van der Waals surface area contributed by atoms with E-state index >= 15 is 0 Å². The zero-order valence-corrected chi connectivity index (χ0v) is 86.0. The summed E-state index contributed by atoms with van der Waals surface area (Å²) in [4.78, 5) is 61.3. The minimum absolute atomic E-state index is 0.0244. The van der Waals surface area contributed by atoms with Crippen molar-refractivity contribution in [3.8, 4) is 11.8 Å². The van der Waals surface area contributed by atoms with Crippen LogP contribution in [0.15, 0.2) is 188 Å². The van der Waals surface area contributed by atoms with Crippen LogP contribution in [0.4, 0.5) is 0 Å². The van der Waals surface area contributed by atoms with E-state index in [0.29, 0.717) is 134 Å². The van der Waals surface area contributed by atoms with Crippen molar-refractivity contribution < 1.29 is 130 Å². The number of H-pyrrole nitrogens is 1. The van der Waals surface area contributed by atoms with E-state index in [0.717, 1.165) is 70.4 Å². The van der Waals surface area contributed by atoms with Crippen LogP contribution in [0.2, 0.25) is 30.1 Å². The lowest BCUT2D eigenvalue weighted by Gasteiger charge is -2.28. The standard InChI is InChI=1S/C14H11ClN2O4S.C13H19ClN2O5S2.C9H10N2O3S2.C7H9ClN2O4S2.C6H6Cl2N2O4S2.C6H7ClN2O4S2.C5H8N4O3S2.C2H3N3O3S2.C2H3N/c15-11-6-5-8(7-12(11)22-21-20-16)14(19)10-4-2-1-3-9(10)13(18)17-14;1-13(6-3-7-19-13)9-16(2)23(17,18)10-4-5-11(14)12(8-10)22-21-20-15;1-2-14-6-3-4-7-8(5-6)15-9(11-7)16(10,12)13;1-4-2-5(8)6(15-14-13-9)3-7(4)16(10,11)12;7-4-1-3(16(10,11)12)2-5(6(4)8)15-14-13-9;7-5-2-1-4(15(9,10)11)3-6(5)14-13-12-8;1-3(10)7-4-9(2)8-5(13-4)14(6,11)12;3-10(7,8)2-5-4-1(6)9-2;1-2-3/h1-7,19H,16H2,(H,17,18);4-5,8H,3,6-7,9,15H2,1-2H3;3-5H,2H2,1H3,(H2,10,12,13);2-3H,9H2,1H3,(H2,10,11,12);1-2H,9H2,(H2,10,11,12);1-3H,8H2,(H2,9,10,11);1-2H3,(H2,6,11,12);(H,4,6)(H2,3,7,8);1H3. The Morgan fingerprint density at radius 2 is 1.09 bits per heavy atom. The van der Waals surface area contributed by atoms with Crippen molar-refractivity contribution in [2.75, 3.05) is 26.8 Å². The minimum atomic E-state index is -3.87. The van der Waals surface area contributed by atoms with E-state index in [-0.39, 0.29) is 60.5 Å². The van der Waals surface area contributed by atoms with Gasteiger partial charge in [0, 0.05) is 57.8 Å². The third-order valence-electron chi connectivity index (χ3n) is 15.3. The van der Waals surface area contributed by atoms with Crippen molar-refractivity contribution in [1.82, 2.24) is 34.6 Å². The first-order valence-electron chi connectivity index (χ1n) is 34.8. The highest BCUT2D eigenvalue weighted by Crippen LogP contribution is 2.41. The van der Waals surface area contributed by atoms with Crippen LogP contribution in [-0.4, -0.2) is 138 Å². The van der Waals surface area contributed by atoms with Crippen molar-refractivity contribution in [3.05, 3.63) is 188 Å². The molecule has 2 aliphatic rings. The molecule has 2 unspecified atom stereocenters. The molecule has 744 valence electrons. The Hall–Kier alpha value is -6.24. The number of benzene rings is 7. The first-order valence-corrected chi connectivity index (χ1v) is 54.0. The van der Waals surface area contributed by atoms with Gasteiger partial charge in [-0.2, -0.15) is 44.0 Å². The van der Waals surface area contributed by atoms with Gasteiger partial charge in [-0.1, -0.05) is 105 Å². The van der Waals surface area contributed by atoms with Gasteiger partial charge < -0.3 is 19.9 Å². The van der Waals surface area contributed by atoms with Crippen LogP contribution in [0.1, 0.15) is 67.6 Å². The number of primary sulfonamides is 6. The maximum Gasteiger partial charge on any atom is 0.323 e. The number of carbonyl (C=O) groups excluding carboxylic acids is 2. The molecule has 0 bridgehead atoms. The number of aromatic nitrogens is 5. The second kappa shape index (κ2) is 55.2. The average Bonchev–Trinajstić information content (AvgIpc) is 1.60. The van der Waals surface area contributed by atoms with Gasteiger partial charge in [-0.25, -0.2) is 105 Å². The molecule has 1 saturated heterocycles. The Morgan fingerprint density at radius 1 is 0.607 bits per heavy atom. The number of hydrogen-bond donors (Lipinski definition) is 14. The molecule has 135 heavy (non-hydrogen) atoms. The summed E-state index contributed by atoms with van der Waals surface area (Å²) in [7, 11) is -23.5. The quantitative estimate of drug-likeness (QED) is 0.0136. The highest BCUT2D eigenvalue weighted by molar-refractivity contribution is 7.96. The fourth-order valence-electron chi connectivity index (χ4n) is 9.77. The van der Waals surface area contributed by atoms with E-state index < -0.39 is 96.6 Å². The number of aromatic amines is 1. The Kier molecular flexibility index (Phi) is 49.5. The predicted molar refractivity (Wildman–Crippen MR) is 499 cm³/mol. The van der Waals surface area contributed by atoms with E-state index in [9.17, 15) is 78.4 Å². The lowest BCUT2D eigenvalue weighted by atomic mass is 9.94. The number of amides is 2. The maximum atomic E-state index is 12.7. The first kappa shape index (κ1) is 121. The number of halogens is 6. The zero-order valence-electron chi connectivity index (χ0n) is 69.2. The molecule has 0 radical (unpaired) electrons. The van der Waals surface area contributed by atoms with Crippen LogP contribution < -0.4 is 80.0 Å². The molecule has 1 fully saturated rings. The van der Waals surface area contributed by atoms with Crippen LogP contribution in [0.5, 0.6) is 5.75 Å². The van der Waals surface area contributed by atoms with Crippen LogP contribution in [0.3, 0.4) is 0 Å². The largest absolute Gasteiger partial charge is 0.494 e. The monoisotopic (exact) mass is 2290 g/mol. The minimum Gasteiger partial charge on any atom is -0.494 e. The molecule has 50 nitrogen and oxygen atoms in total. The second-order valence-electron chi connectivity index (χ2n) is 25.0. The molecule has 5 heterocycles. The Bertz CT molecular complexity index is 6840. The number of nitrogens with one attached hydrogen (secondary N) is 2. The van der Waals surface area contributed by atoms with Gasteiger partial charge >= 0.3 is 4.87 Å². The number of fused-ring (bicyclic) bond motifs is 2. The molecule has 0 saturated carbocycles. The predicted octanol–water partition coefficient (Wildman–Crippen LogP) is 6.80. The number of sulfonamides is 7. The molecule has 71 heteroatoms. The molecule has 12 rings (SSSR count). The third-order valence-corrected chi connectivity index (χ3v) is 32.6. The summed E-state index contributed by atoms with van der Waals surface area (Å²) in [5.41, 5.74) is 0.325. The summed E-state index contributed by atoms with van der Waals surface area (Å²) >= 11 is 40.9. The second-order valence-corrected chi connectivity index (χ2v) is 46.0. The Balaban J connectivity index is 0.000000324. The van der Waals surface area contributed by atoms with E-state index in [1.165, 1.54) is 91.5 Å². The van der Waals surface area contributed by atoms with Gasteiger partial charge in [-0.05, 0) is 148 Å². The number of nitrogens with two attached hydrogens (primary N) is 11. The van der Waals surface area contributed by atoms with Crippen molar-refractivity contribution in [3.63, 3.8) is 0 Å². The van der Waals surface area contributed by atoms with E-state index in [4.69, 9.17) is 122 Å². The van der Waals surface area contributed by atoms with E-state index in [1.54, 1.807) is 73.7 Å². The number of thiazole rings is 1. The molecule has 0 spiro atoms. The molecular weight excluding hydrogens is 2220 g/mol. The lowest BCUT2D eigenvalue weighted by molar-refractivity contribution is -0.195. The number of nitriles is 1. The Labute approximate surface area is 832 Å². The van der Waals surface area contributed by atoms with Gasteiger partial charge in [0.05, 0.1) is 163 Å². The number of likely N-dealkylation sites (N-methyl/N-ethyl adjacent to an activating group) is 1. The number of ether oxygens (including phenoxy) is 2. The number of rotatable bonds is 28. The fraction of sp³-hybridized carbons (Fsp3) is 0.219. The van der Waals surface area contributed by atoms with Gasteiger partial charge in [0.1, 0.15) is 5.75 Å². The summed E-state index contributed by atoms with van der Waals surface area (Å²) < 4.78 is 192. The number of nitrogens with zero attached hydrogens (tertiary/aromatic N) is 7. The third kappa shape index (κ3) is 39.0. The molecule has 2 amide bonds. The van der Waals surface area contributed by atoms with Crippen molar-refractivity contribution in [2.45, 2.75) is 116 Å². The molecule has 3 aromatic heterocycles. The average molecular weight is 2300 g/mol. The lowest BCUT2D eigenvalue weighted by Crippen LogP contribution is -2.41. The van der Waals surface area contributed by atoms with Crippen molar-refractivity contribution in [2.24, 2.45) is 72.4 Å². The van der Waals surface area contributed by atoms with Crippen LogP contribution in [-0.2, 0) is 139 Å². The zero-order chi connectivity index (χ0) is 102. The number of aliphatic hydroxyl groups is 1. The fourth-order valence-corrected chi connectivity index (χ4v) is 21.4. The van der Waals surface area contributed by atoms with E-state index in [1.807, 2.05) is 18.9 Å². The highest BCUT2D eigenvalue weighted by Gasteiger charge is 2.43. The molecule has 2 aliphatic heterocycles. The van der Waals surface area contributed by atoms with Crippen LogP contribution in [0, 0.1) is 18.3 Å². The molecule has 7 aromatic carbocycles. The topological polar surface area (TPSA) is 818 Å². The van der Waals surface area contributed by atoms with Crippen molar-refractivity contribution in [1.29, 1.82) is 5.26 Å². The van der Waals surface area contributed by atoms with E-state index in [2.05, 4.69) is 94.9 Å². The summed E-state index contributed by atoms with van der Waals surface area (Å²) in [5, 5.41) is 60.4. The van der Waals surface area contributed by atoms with Gasteiger partial charge in [0.15, 0.2) is 5.72 Å². The van der Waals surface area contributed by atoms with Crippen LogP contribution >= 0.6 is 164 Å². The normalized spacial score (nSPS) is 14.8. The molecule has 0 aliphatic carbocycles. The maximum absolute atomic E-state index is 12.7. The molecule has 10 aromatic rings. The number of hydrogen-bond acceptors (Lipinski definition) is 47. The van der Waals surface area contributed by atoms with Crippen molar-refractivity contribution >= 4 is 256 Å². The molecular formula is C64H76Cl6N20O30S15.